The Morgan fingerprint density at radius 3 is 2.39 bits per heavy atom. The van der Waals surface area contributed by atoms with Gasteiger partial charge in [-0.3, -0.25) is 4.79 Å². The van der Waals surface area contributed by atoms with Crippen molar-refractivity contribution in [1.29, 1.82) is 0 Å². The van der Waals surface area contributed by atoms with E-state index in [0.717, 1.165) is 19.4 Å². The number of nitrogens with zero attached hydrogens (tertiary/aromatic N) is 1. The molecule has 0 heterocycles. The molecule has 0 spiro atoms. The van der Waals surface area contributed by atoms with E-state index in [4.69, 9.17) is 0 Å². The van der Waals surface area contributed by atoms with Gasteiger partial charge in [0.2, 0.25) is 5.91 Å². The summed E-state index contributed by atoms with van der Waals surface area (Å²) in [6, 6.07) is 10.2. The van der Waals surface area contributed by atoms with Gasteiger partial charge < -0.3 is 10.2 Å². The zero-order valence-electron chi connectivity index (χ0n) is 11.6. The minimum Gasteiger partial charge on any atom is -0.373 e. The fraction of sp³-hybridized carbons (Fsp3) is 0.533. The molecule has 100 valence electrons. The fourth-order valence-corrected chi connectivity index (χ4v) is 1.96. The van der Waals surface area contributed by atoms with E-state index in [0.29, 0.717) is 6.54 Å². The first-order valence-electron chi connectivity index (χ1n) is 6.72. The van der Waals surface area contributed by atoms with Gasteiger partial charge in [0.15, 0.2) is 0 Å². The van der Waals surface area contributed by atoms with Crippen molar-refractivity contribution in [3.05, 3.63) is 30.3 Å². The Morgan fingerprint density at radius 2 is 1.83 bits per heavy atom. The minimum absolute atomic E-state index is 0.159. The molecule has 1 amide bonds. The molecule has 0 aliphatic carbocycles. The lowest BCUT2D eigenvalue weighted by Crippen LogP contribution is -2.36. The van der Waals surface area contributed by atoms with Crippen molar-refractivity contribution in [3.63, 3.8) is 0 Å². The predicted molar refractivity (Wildman–Crippen MR) is 76.8 cm³/mol. The number of amides is 1. The number of hydrogen-bond acceptors (Lipinski definition) is 2. The van der Waals surface area contributed by atoms with Gasteiger partial charge >= 0.3 is 0 Å². The number of para-hydroxylation sites is 1. The molecule has 3 nitrogen and oxygen atoms in total. The van der Waals surface area contributed by atoms with Crippen LogP contribution in [0.2, 0.25) is 0 Å². The second-order valence-electron chi connectivity index (χ2n) is 4.56. The van der Waals surface area contributed by atoms with E-state index in [9.17, 15) is 4.79 Å². The van der Waals surface area contributed by atoms with Crippen molar-refractivity contribution in [2.45, 2.75) is 26.7 Å². The maximum Gasteiger partial charge on any atom is 0.223 e. The minimum atomic E-state index is 0.159. The van der Waals surface area contributed by atoms with Gasteiger partial charge in [-0.05, 0) is 25.0 Å². The summed E-state index contributed by atoms with van der Waals surface area (Å²) >= 11 is 0. The zero-order valence-corrected chi connectivity index (χ0v) is 11.6. The molecule has 3 heteroatoms. The highest BCUT2D eigenvalue weighted by Gasteiger charge is 2.13. The molecular formula is C15H24N2O. The van der Waals surface area contributed by atoms with Gasteiger partial charge in [0.25, 0.3) is 0 Å². The maximum atomic E-state index is 11.8. The molecular weight excluding hydrogens is 224 g/mol. The highest BCUT2D eigenvalue weighted by atomic mass is 16.1. The summed E-state index contributed by atoms with van der Waals surface area (Å²) in [5.41, 5.74) is 1.18. The largest absolute Gasteiger partial charge is 0.373 e. The molecule has 1 rings (SSSR count). The van der Waals surface area contributed by atoms with Crippen LogP contribution in [0.1, 0.15) is 26.7 Å². The van der Waals surface area contributed by atoms with E-state index in [1.165, 1.54) is 5.69 Å². The second kappa shape index (κ2) is 7.75. The van der Waals surface area contributed by atoms with Crippen molar-refractivity contribution in [2.75, 3.05) is 25.0 Å². The Hall–Kier alpha value is -1.51. The van der Waals surface area contributed by atoms with Gasteiger partial charge in [0.05, 0.1) is 0 Å². The number of hydrogen-bond donors (Lipinski definition) is 1. The Labute approximate surface area is 110 Å². The van der Waals surface area contributed by atoms with E-state index in [1.807, 2.05) is 25.2 Å². The molecule has 0 aliphatic rings. The molecule has 0 unspecified atom stereocenters. The number of benzene rings is 1. The van der Waals surface area contributed by atoms with Gasteiger partial charge in [0.1, 0.15) is 0 Å². The molecule has 0 radical (unpaired) electrons. The lowest BCUT2D eigenvalue weighted by Gasteiger charge is -2.20. The van der Waals surface area contributed by atoms with Gasteiger partial charge in [-0.15, -0.1) is 0 Å². The SMILES string of the molecule is CCC(CC)C(=O)NCCN(C)c1ccccc1. The first-order chi connectivity index (χ1) is 8.69. The number of nitrogens with one attached hydrogen (secondary N) is 1. The first-order valence-corrected chi connectivity index (χ1v) is 6.72. The number of likely N-dealkylation sites (N-methyl/N-ethyl adjacent to an activating group) is 1. The van der Waals surface area contributed by atoms with E-state index < -0.39 is 0 Å². The lowest BCUT2D eigenvalue weighted by molar-refractivity contribution is -0.125. The van der Waals surface area contributed by atoms with Gasteiger partial charge in [-0.25, -0.2) is 0 Å². The van der Waals surface area contributed by atoms with Crippen LogP contribution in [0.3, 0.4) is 0 Å². The Balaban J connectivity index is 2.32. The van der Waals surface area contributed by atoms with E-state index >= 15 is 0 Å². The van der Waals surface area contributed by atoms with Crippen LogP contribution in [-0.4, -0.2) is 26.0 Å². The molecule has 0 saturated carbocycles. The van der Waals surface area contributed by atoms with Crippen molar-refractivity contribution in [2.24, 2.45) is 5.92 Å². The van der Waals surface area contributed by atoms with Crippen molar-refractivity contribution >= 4 is 11.6 Å². The van der Waals surface area contributed by atoms with Crippen LogP contribution in [0, 0.1) is 5.92 Å². The zero-order chi connectivity index (χ0) is 13.4. The molecule has 1 aromatic rings. The summed E-state index contributed by atoms with van der Waals surface area (Å²) in [6.07, 6.45) is 1.83. The Bertz CT molecular complexity index is 347. The standard InChI is InChI=1S/C15H24N2O/c1-4-13(5-2)15(18)16-11-12-17(3)14-9-7-6-8-10-14/h6-10,13H,4-5,11-12H2,1-3H3,(H,16,18). The molecule has 0 saturated heterocycles. The summed E-state index contributed by atoms with van der Waals surface area (Å²) < 4.78 is 0. The smallest absolute Gasteiger partial charge is 0.223 e. The second-order valence-corrected chi connectivity index (χ2v) is 4.56. The van der Waals surface area contributed by atoms with Crippen LogP contribution in [0.4, 0.5) is 5.69 Å². The molecule has 0 atom stereocenters. The van der Waals surface area contributed by atoms with Crippen LogP contribution in [0.5, 0.6) is 0 Å². The summed E-state index contributed by atoms with van der Waals surface area (Å²) in [7, 11) is 2.04. The van der Waals surface area contributed by atoms with Crippen LogP contribution in [0.15, 0.2) is 30.3 Å². The lowest BCUT2D eigenvalue weighted by atomic mass is 10.0. The summed E-state index contributed by atoms with van der Waals surface area (Å²) in [5.74, 6) is 0.341. The van der Waals surface area contributed by atoms with E-state index in [-0.39, 0.29) is 11.8 Å². The number of rotatable bonds is 7. The fourth-order valence-electron chi connectivity index (χ4n) is 1.96. The Kier molecular flexibility index (Phi) is 6.26. The molecule has 0 aromatic heterocycles. The van der Waals surface area contributed by atoms with Crippen molar-refractivity contribution < 1.29 is 4.79 Å². The first kappa shape index (κ1) is 14.6. The maximum absolute atomic E-state index is 11.8. The molecule has 1 N–H and O–H groups in total. The molecule has 0 aliphatic heterocycles. The van der Waals surface area contributed by atoms with E-state index in [2.05, 4.69) is 36.2 Å². The molecule has 1 aromatic carbocycles. The van der Waals surface area contributed by atoms with Crippen molar-refractivity contribution in [3.8, 4) is 0 Å². The van der Waals surface area contributed by atoms with E-state index in [1.54, 1.807) is 0 Å². The number of carbonyl (C=O) groups is 1. The average molecular weight is 248 g/mol. The van der Waals surface area contributed by atoms with Crippen LogP contribution < -0.4 is 10.2 Å². The van der Waals surface area contributed by atoms with Crippen LogP contribution in [-0.2, 0) is 4.79 Å². The average Bonchev–Trinajstić information content (AvgIpc) is 2.41. The Morgan fingerprint density at radius 1 is 1.22 bits per heavy atom. The number of anilines is 1. The normalized spacial score (nSPS) is 10.4. The van der Waals surface area contributed by atoms with Crippen molar-refractivity contribution in [1.82, 2.24) is 5.32 Å². The highest BCUT2D eigenvalue weighted by Crippen LogP contribution is 2.10. The quantitative estimate of drug-likeness (QED) is 0.804. The summed E-state index contributed by atoms with van der Waals surface area (Å²) in [6.45, 7) is 5.64. The molecule has 0 bridgehead atoms. The van der Waals surface area contributed by atoms with Gasteiger partial charge in [-0.1, -0.05) is 32.0 Å². The third kappa shape index (κ3) is 4.40. The third-order valence-electron chi connectivity index (χ3n) is 3.30. The summed E-state index contributed by atoms with van der Waals surface area (Å²) in [4.78, 5) is 13.9. The van der Waals surface area contributed by atoms with Gasteiger partial charge in [-0.2, -0.15) is 0 Å². The third-order valence-corrected chi connectivity index (χ3v) is 3.30. The van der Waals surface area contributed by atoms with Crippen LogP contribution in [0.25, 0.3) is 0 Å². The predicted octanol–water partition coefficient (Wildman–Crippen LogP) is 2.68. The van der Waals surface area contributed by atoms with Gasteiger partial charge in [0, 0.05) is 31.7 Å². The number of carbonyl (C=O) groups excluding carboxylic acids is 1. The monoisotopic (exact) mass is 248 g/mol. The topological polar surface area (TPSA) is 32.3 Å². The highest BCUT2D eigenvalue weighted by molar-refractivity contribution is 5.78. The molecule has 18 heavy (non-hydrogen) atoms. The summed E-state index contributed by atoms with van der Waals surface area (Å²) in [5, 5.41) is 3.00. The molecule has 0 fully saturated rings. The van der Waals surface area contributed by atoms with Crippen LogP contribution >= 0.6 is 0 Å².